The summed E-state index contributed by atoms with van der Waals surface area (Å²) in [5, 5.41) is 17.9. The molecule has 2 amide bonds. The van der Waals surface area contributed by atoms with Gasteiger partial charge < -0.3 is 15.7 Å². The van der Waals surface area contributed by atoms with Gasteiger partial charge in [-0.3, -0.25) is 9.59 Å². The molecule has 0 spiro atoms. The molecule has 116 valence electrons. The van der Waals surface area contributed by atoms with Crippen LogP contribution in [0.1, 0.15) is 32.7 Å². The first-order valence-corrected chi connectivity index (χ1v) is 7.89. The van der Waals surface area contributed by atoms with Gasteiger partial charge >= 0.3 is 0 Å². The van der Waals surface area contributed by atoms with Gasteiger partial charge in [-0.25, -0.2) is 0 Å². The summed E-state index contributed by atoms with van der Waals surface area (Å²) in [7, 11) is 0. The average Bonchev–Trinajstić information content (AvgIpc) is 2.94. The molecular weight excluding hydrogens is 300 g/mol. The minimum Gasteiger partial charge on any atom is -0.396 e. The molecule has 22 heavy (non-hydrogen) atoms. The summed E-state index contributed by atoms with van der Waals surface area (Å²) >= 11 is 1.49. The number of carbonyl (C=O) groups excluding carboxylic acids is 2. The van der Waals surface area contributed by atoms with E-state index in [0.717, 1.165) is 5.56 Å². The number of anilines is 1. The summed E-state index contributed by atoms with van der Waals surface area (Å²) < 4.78 is 0. The number of amides is 2. The van der Waals surface area contributed by atoms with Crippen LogP contribution in [0.3, 0.4) is 0 Å². The van der Waals surface area contributed by atoms with E-state index in [1.807, 2.05) is 17.7 Å². The molecule has 1 aromatic heterocycles. The van der Waals surface area contributed by atoms with Crippen molar-refractivity contribution >= 4 is 28.8 Å². The second kappa shape index (κ2) is 7.72. The van der Waals surface area contributed by atoms with Crippen molar-refractivity contribution in [1.29, 1.82) is 0 Å². The second-order valence-corrected chi connectivity index (χ2v) is 5.58. The molecule has 2 rings (SSSR count). The fraction of sp³-hybridized carbons (Fsp3) is 0.250. The topological polar surface area (TPSA) is 78.4 Å². The summed E-state index contributed by atoms with van der Waals surface area (Å²) in [4.78, 5) is 23.9. The molecule has 6 heteroatoms. The molecule has 3 N–H and O–H groups in total. The van der Waals surface area contributed by atoms with E-state index < -0.39 is 0 Å². The van der Waals surface area contributed by atoms with Gasteiger partial charge in [0.05, 0.1) is 5.56 Å². The Labute approximate surface area is 133 Å². The number of rotatable bonds is 6. The Balaban J connectivity index is 1.96. The Bertz CT molecular complexity index is 650. The van der Waals surface area contributed by atoms with Crippen molar-refractivity contribution in [3.05, 3.63) is 51.7 Å². The SMILES string of the molecule is Cc1cscc1C(=O)Nc1ccc(C(=O)NCCCO)cc1. The van der Waals surface area contributed by atoms with Gasteiger partial charge in [-0.15, -0.1) is 0 Å². The minimum atomic E-state index is -0.194. The summed E-state index contributed by atoms with van der Waals surface area (Å²) in [6, 6.07) is 6.70. The zero-order chi connectivity index (χ0) is 15.9. The lowest BCUT2D eigenvalue weighted by Gasteiger charge is -2.07. The Morgan fingerprint density at radius 3 is 2.45 bits per heavy atom. The van der Waals surface area contributed by atoms with Crippen LogP contribution in [0.2, 0.25) is 0 Å². The van der Waals surface area contributed by atoms with Crippen LogP contribution in [0.25, 0.3) is 0 Å². The van der Waals surface area contributed by atoms with Gasteiger partial charge in [0, 0.05) is 29.8 Å². The maximum atomic E-state index is 12.1. The van der Waals surface area contributed by atoms with Crippen LogP contribution in [0.4, 0.5) is 5.69 Å². The molecule has 1 aromatic carbocycles. The lowest BCUT2D eigenvalue weighted by molar-refractivity contribution is 0.0950. The first-order valence-electron chi connectivity index (χ1n) is 6.95. The van der Waals surface area contributed by atoms with E-state index in [1.54, 1.807) is 24.3 Å². The van der Waals surface area contributed by atoms with Gasteiger partial charge in [0.15, 0.2) is 0 Å². The first kappa shape index (κ1) is 16.2. The maximum Gasteiger partial charge on any atom is 0.256 e. The van der Waals surface area contributed by atoms with E-state index in [-0.39, 0.29) is 18.4 Å². The fourth-order valence-corrected chi connectivity index (χ4v) is 2.71. The molecule has 2 aromatic rings. The standard InChI is InChI=1S/C16H18N2O3S/c1-11-9-22-10-14(11)16(21)18-13-5-3-12(4-6-13)15(20)17-7-2-8-19/h3-6,9-10,19H,2,7-8H2,1H3,(H,17,20)(H,18,21). The fourth-order valence-electron chi connectivity index (χ4n) is 1.88. The summed E-state index contributed by atoms with van der Waals surface area (Å²) in [6.07, 6.45) is 0.528. The zero-order valence-electron chi connectivity index (χ0n) is 12.3. The Morgan fingerprint density at radius 1 is 1.14 bits per heavy atom. The van der Waals surface area contributed by atoms with Gasteiger partial charge in [-0.2, -0.15) is 11.3 Å². The molecule has 5 nitrogen and oxygen atoms in total. The average molecular weight is 318 g/mol. The third-order valence-corrected chi connectivity index (χ3v) is 3.99. The largest absolute Gasteiger partial charge is 0.396 e. The van der Waals surface area contributed by atoms with Gasteiger partial charge in [0.2, 0.25) is 0 Å². The minimum absolute atomic E-state index is 0.0489. The highest BCUT2D eigenvalue weighted by Crippen LogP contribution is 2.16. The van der Waals surface area contributed by atoms with Crippen molar-refractivity contribution in [2.75, 3.05) is 18.5 Å². The smallest absolute Gasteiger partial charge is 0.256 e. The lowest BCUT2D eigenvalue weighted by atomic mass is 10.1. The third kappa shape index (κ3) is 4.16. The first-order chi connectivity index (χ1) is 10.6. The third-order valence-electron chi connectivity index (χ3n) is 3.13. The van der Waals surface area contributed by atoms with Crippen molar-refractivity contribution in [3.63, 3.8) is 0 Å². The van der Waals surface area contributed by atoms with E-state index in [0.29, 0.717) is 29.8 Å². The maximum absolute atomic E-state index is 12.1. The number of hydrogen-bond donors (Lipinski definition) is 3. The van der Waals surface area contributed by atoms with Crippen molar-refractivity contribution in [1.82, 2.24) is 5.32 Å². The molecule has 0 fully saturated rings. The number of aryl methyl sites for hydroxylation is 1. The summed E-state index contributed by atoms with van der Waals surface area (Å²) in [6.45, 7) is 2.38. The quantitative estimate of drug-likeness (QED) is 0.716. The number of hydrogen-bond acceptors (Lipinski definition) is 4. The Morgan fingerprint density at radius 2 is 1.86 bits per heavy atom. The van der Waals surface area contributed by atoms with Crippen molar-refractivity contribution in [3.8, 4) is 0 Å². The number of carbonyl (C=O) groups is 2. The van der Waals surface area contributed by atoms with E-state index >= 15 is 0 Å². The lowest BCUT2D eigenvalue weighted by Crippen LogP contribution is -2.25. The summed E-state index contributed by atoms with van der Waals surface area (Å²) in [5.41, 5.74) is 2.77. The van der Waals surface area contributed by atoms with Gasteiger partial charge in [0.1, 0.15) is 0 Å². The molecule has 0 unspecified atom stereocenters. The van der Waals surface area contributed by atoms with E-state index in [9.17, 15) is 9.59 Å². The molecule has 0 radical (unpaired) electrons. The van der Waals surface area contributed by atoms with Gasteiger partial charge in [-0.1, -0.05) is 0 Å². The van der Waals surface area contributed by atoms with E-state index in [4.69, 9.17) is 5.11 Å². The zero-order valence-corrected chi connectivity index (χ0v) is 13.1. The summed E-state index contributed by atoms with van der Waals surface area (Å²) in [5.74, 6) is -0.348. The number of thiophene rings is 1. The number of nitrogens with one attached hydrogen (secondary N) is 2. The van der Waals surface area contributed by atoms with Crippen LogP contribution in [-0.4, -0.2) is 30.1 Å². The molecule has 0 saturated heterocycles. The van der Waals surface area contributed by atoms with Crippen LogP contribution in [0.5, 0.6) is 0 Å². The molecule has 1 heterocycles. The van der Waals surface area contributed by atoms with Gasteiger partial charge in [0.25, 0.3) is 11.8 Å². The highest BCUT2D eigenvalue weighted by molar-refractivity contribution is 7.08. The molecule has 0 saturated carbocycles. The Kier molecular flexibility index (Phi) is 5.68. The molecule has 0 aliphatic heterocycles. The van der Waals surface area contributed by atoms with Crippen molar-refractivity contribution in [2.45, 2.75) is 13.3 Å². The molecule has 0 aliphatic rings. The van der Waals surface area contributed by atoms with Crippen molar-refractivity contribution in [2.24, 2.45) is 0 Å². The molecular formula is C16H18N2O3S. The normalized spacial score (nSPS) is 10.3. The van der Waals surface area contributed by atoms with Crippen LogP contribution in [-0.2, 0) is 0 Å². The molecule has 0 aliphatic carbocycles. The predicted octanol–water partition coefficient (Wildman–Crippen LogP) is 2.42. The van der Waals surface area contributed by atoms with Crippen molar-refractivity contribution < 1.29 is 14.7 Å². The van der Waals surface area contributed by atoms with Gasteiger partial charge in [-0.05, 0) is 48.6 Å². The Hall–Kier alpha value is -2.18. The highest BCUT2D eigenvalue weighted by Gasteiger charge is 2.10. The van der Waals surface area contributed by atoms with E-state index in [2.05, 4.69) is 10.6 Å². The second-order valence-electron chi connectivity index (χ2n) is 4.83. The highest BCUT2D eigenvalue weighted by atomic mass is 32.1. The van der Waals surface area contributed by atoms with Crippen LogP contribution >= 0.6 is 11.3 Å². The predicted molar refractivity (Wildman–Crippen MR) is 87.5 cm³/mol. The van der Waals surface area contributed by atoms with Crippen LogP contribution in [0, 0.1) is 6.92 Å². The van der Waals surface area contributed by atoms with Crippen LogP contribution in [0.15, 0.2) is 35.0 Å². The number of aliphatic hydroxyl groups is 1. The number of aliphatic hydroxyl groups excluding tert-OH is 1. The monoisotopic (exact) mass is 318 g/mol. The molecule has 0 atom stereocenters. The molecule has 0 bridgehead atoms. The van der Waals surface area contributed by atoms with E-state index in [1.165, 1.54) is 11.3 Å². The van der Waals surface area contributed by atoms with Crippen LogP contribution < -0.4 is 10.6 Å². The number of benzene rings is 1.